The fourth-order valence-electron chi connectivity index (χ4n) is 8.82. The van der Waals surface area contributed by atoms with Gasteiger partial charge in [0.05, 0.1) is 28.2 Å². The maximum Gasteiger partial charge on any atom is 0.264 e. The van der Waals surface area contributed by atoms with Gasteiger partial charge >= 0.3 is 0 Å². The molecular formula is C38H44N6O3S. The molecular weight excluding hydrogens is 621 g/mol. The van der Waals surface area contributed by atoms with Gasteiger partial charge in [-0.3, -0.25) is 4.98 Å². The summed E-state index contributed by atoms with van der Waals surface area (Å²) in [7, 11) is -1.86. The summed E-state index contributed by atoms with van der Waals surface area (Å²) < 4.78 is 37.4. The topological polar surface area (TPSA) is 110 Å². The highest BCUT2D eigenvalue weighted by molar-refractivity contribution is 7.92. The van der Waals surface area contributed by atoms with Crippen LogP contribution in [0.2, 0.25) is 0 Å². The van der Waals surface area contributed by atoms with Gasteiger partial charge in [0.15, 0.2) is 0 Å². The lowest BCUT2D eigenvalue weighted by molar-refractivity contribution is 0.119. The minimum Gasteiger partial charge on any atom is -0.474 e. The fourth-order valence-corrected chi connectivity index (χ4v) is 9.82. The first-order chi connectivity index (χ1) is 22.9. The third-order valence-corrected chi connectivity index (χ3v) is 12.9. The number of aryl methyl sites for hydroxylation is 3. The summed E-state index contributed by atoms with van der Waals surface area (Å²) in [5.74, 6) is 1.46. The third-order valence-electron chi connectivity index (χ3n) is 11.6. The van der Waals surface area contributed by atoms with Crippen molar-refractivity contribution in [2.45, 2.75) is 95.6 Å². The summed E-state index contributed by atoms with van der Waals surface area (Å²) in [4.78, 5) is 22.1. The third kappa shape index (κ3) is 5.32. The first-order valence-corrected chi connectivity index (χ1v) is 18.7. The zero-order chi connectivity index (χ0) is 33.5. The van der Waals surface area contributed by atoms with E-state index in [1.54, 1.807) is 6.07 Å². The van der Waals surface area contributed by atoms with E-state index in [1.807, 2.05) is 63.4 Å². The van der Waals surface area contributed by atoms with Gasteiger partial charge in [-0.15, -0.1) is 0 Å². The summed E-state index contributed by atoms with van der Waals surface area (Å²) in [6.45, 7) is 10.6. The summed E-state index contributed by atoms with van der Waals surface area (Å²) in [6, 6.07) is 15.8. The molecule has 3 heterocycles. The van der Waals surface area contributed by atoms with Crippen molar-refractivity contribution in [2.75, 3.05) is 16.7 Å². The number of fused-ring (bicyclic) bond motifs is 7. The molecule has 10 heteroatoms. The molecule has 0 saturated heterocycles. The highest BCUT2D eigenvalue weighted by Gasteiger charge is 2.54. The number of ether oxygens (including phenoxy) is 1. The van der Waals surface area contributed by atoms with Crippen molar-refractivity contribution in [3.05, 3.63) is 82.8 Å². The van der Waals surface area contributed by atoms with Crippen molar-refractivity contribution in [1.82, 2.24) is 19.9 Å². The monoisotopic (exact) mass is 664 g/mol. The number of benzene rings is 2. The first kappa shape index (κ1) is 31.2. The van der Waals surface area contributed by atoms with E-state index >= 15 is 0 Å². The molecule has 2 aromatic carbocycles. The summed E-state index contributed by atoms with van der Waals surface area (Å²) in [5.41, 5.74) is 7.04. The van der Waals surface area contributed by atoms with E-state index in [0.29, 0.717) is 29.5 Å². The zero-order valence-corrected chi connectivity index (χ0v) is 29.4. The van der Waals surface area contributed by atoms with Gasteiger partial charge in [-0.1, -0.05) is 44.2 Å². The number of sulfonamides is 1. The second-order valence-electron chi connectivity index (χ2n) is 15.1. The van der Waals surface area contributed by atoms with Crippen LogP contribution < -0.4 is 14.4 Å². The second-order valence-corrected chi connectivity index (χ2v) is 16.8. The van der Waals surface area contributed by atoms with E-state index < -0.39 is 10.0 Å². The molecule has 3 aliphatic carbocycles. The SMILES string of the molecule is Cc1cccc(C)c1-c1cc2nc(n1)NS(=O)(=O)c1cccc(c1)C1C(c3nc(N(C)C4CC5(CC5)C4)cnc3C)CC(O2)C1C(C)C. The lowest BCUT2D eigenvalue weighted by atomic mass is 9.76. The van der Waals surface area contributed by atoms with Crippen LogP contribution >= 0.6 is 0 Å². The molecule has 3 saturated carbocycles. The largest absolute Gasteiger partial charge is 0.474 e. The van der Waals surface area contributed by atoms with E-state index in [-0.39, 0.29) is 40.6 Å². The molecule has 250 valence electrons. The minimum absolute atomic E-state index is 0.00950. The molecule has 1 N–H and O–H groups in total. The molecule has 0 amide bonds. The van der Waals surface area contributed by atoms with E-state index in [0.717, 1.165) is 39.5 Å². The molecule has 9 nitrogen and oxygen atoms in total. The molecule has 1 aliphatic heterocycles. The van der Waals surface area contributed by atoms with E-state index in [2.05, 4.69) is 41.6 Å². The number of rotatable bonds is 5. The van der Waals surface area contributed by atoms with Crippen molar-refractivity contribution in [1.29, 1.82) is 0 Å². The van der Waals surface area contributed by atoms with Crippen molar-refractivity contribution in [3.8, 4) is 17.1 Å². The molecule has 4 aliphatic rings. The lowest BCUT2D eigenvalue weighted by Crippen LogP contribution is -2.44. The van der Waals surface area contributed by atoms with Crippen molar-refractivity contribution >= 4 is 21.8 Å². The van der Waals surface area contributed by atoms with Gasteiger partial charge in [0.1, 0.15) is 11.9 Å². The summed E-state index contributed by atoms with van der Waals surface area (Å²) in [6.07, 6.45) is 7.58. The Hall–Kier alpha value is -4.05. The van der Waals surface area contributed by atoms with Gasteiger partial charge in [-0.05, 0) is 98.9 Å². The second kappa shape index (κ2) is 11.3. The van der Waals surface area contributed by atoms with E-state index in [1.165, 1.54) is 25.7 Å². The van der Waals surface area contributed by atoms with E-state index in [4.69, 9.17) is 19.7 Å². The Labute approximate surface area is 283 Å². The van der Waals surface area contributed by atoms with Crippen LogP contribution in [-0.4, -0.2) is 47.5 Å². The van der Waals surface area contributed by atoms with Crippen LogP contribution in [0.5, 0.6) is 5.88 Å². The Balaban J connectivity index is 1.26. The molecule has 4 atom stereocenters. The Kier molecular flexibility index (Phi) is 7.32. The van der Waals surface area contributed by atoms with Crippen molar-refractivity contribution in [2.24, 2.45) is 17.3 Å². The van der Waals surface area contributed by atoms with Gasteiger partial charge < -0.3 is 9.64 Å². The molecule has 48 heavy (non-hydrogen) atoms. The lowest BCUT2D eigenvalue weighted by Gasteiger charge is -2.42. The number of anilines is 2. The van der Waals surface area contributed by atoms with Crippen LogP contribution in [0.3, 0.4) is 0 Å². The average molecular weight is 665 g/mol. The molecule has 1 spiro atoms. The Bertz CT molecular complexity index is 2000. The number of nitrogens with zero attached hydrogens (tertiary/aromatic N) is 5. The van der Waals surface area contributed by atoms with Gasteiger partial charge in [0.25, 0.3) is 10.0 Å². The smallest absolute Gasteiger partial charge is 0.264 e. The van der Waals surface area contributed by atoms with Crippen LogP contribution in [0.15, 0.2) is 59.6 Å². The summed E-state index contributed by atoms with van der Waals surface area (Å²) in [5, 5.41) is 0. The number of nitrogens with one attached hydrogen (secondary N) is 1. The van der Waals surface area contributed by atoms with Gasteiger partial charge in [-0.2, -0.15) is 4.98 Å². The molecule has 3 fully saturated rings. The maximum atomic E-state index is 13.9. The quantitative estimate of drug-likeness (QED) is 0.236. The zero-order valence-electron chi connectivity index (χ0n) is 28.6. The highest BCUT2D eigenvalue weighted by Crippen LogP contribution is 2.62. The van der Waals surface area contributed by atoms with E-state index in [9.17, 15) is 8.42 Å². The Morgan fingerprint density at radius 3 is 2.42 bits per heavy atom. The molecule has 6 bridgehead atoms. The van der Waals surface area contributed by atoms with Crippen molar-refractivity contribution in [3.63, 3.8) is 0 Å². The van der Waals surface area contributed by atoms with Crippen LogP contribution in [0.1, 0.15) is 85.9 Å². The summed E-state index contributed by atoms with van der Waals surface area (Å²) >= 11 is 0. The highest BCUT2D eigenvalue weighted by atomic mass is 32.2. The van der Waals surface area contributed by atoms with Crippen LogP contribution in [0, 0.1) is 38.0 Å². The average Bonchev–Trinajstić information content (AvgIpc) is 3.74. The predicted molar refractivity (Wildman–Crippen MR) is 187 cm³/mol. The standard InChI is InChI=1S/C38H44N6O3S/c1-21(2)33-30-16-28(36-24(5)39-20-31(41-36)44(6)26-18-38(19-26)13-14-38)35(33)25-11-8-12-27(15-25)48(45,46)43-37-40-29(17-32(42-37)47-30)34-22(3)9-7-10-23(34)4/h7-12,15,17,20-21,26,28,30,33,35H,13-14,16,18-19H2,1-6H3,(H,40,42,43). The number of hydrogen-bond acceptors (Lipinski definition) is 8. The van der Waals surface area contributed by atoms with Gasteiger partial charge in [0, 0.05) is 36.6 Å². The molecule has 4 aromatic rings. The molecule has 0 radical (unpaired) electrons. The van der Waals surface area contributed by atoms with Gasteiger partial charge in [0.2, 0.25) is 11.8 Å². The fraction of sp³-hybridized carbons (Fsp3) is 0.474. The number of aromatic nitrogens is 4. The Morgan fingerprint density at radius 2 is 1.71 bits per heavy atom. The van der Waals surface area contributed by atoms with Crippen LogP contribution in [0.25, 0.3) is 11.3 Å². The number of hydrogen-bond donors (Lipinski definition) is 1. The predicted octanol–water partition coefficient (Wildman–Crippen LogP) is 7.34. The first-order valence-electron chi connectivity index (χ1n) is 17.2. The molecule has 8 rings (SSSR count). The Morgan fingerprint density at radius 1 is 0.979 bits per heavy atom. The van der Waals surface area contributed by atoms with Crippen molar-refractivity contribution < 1.29 is 13.2 Å². The van der Waals surface area contributed by atoms with Crippen LogP contribution in [0.4, 0.5) is 11.8 Å². The minimum atomic E-state index is -4.01. The maximum absolute atomic E-state index is 13.9. The normalized spacial score (nSPS) is 26.1. The molecule has 4 unspecified atom stereocenters. The van der Waals surface area contributed by atoms with Crippen LogP contribution in [-0.2, 0) is 10.0 Å². The molecule has 2 aromatic heterocycles. The van der Waals surface area contributed by atoms with Gasteiger partial charge in [-0.25, -0.2) is 23.1 Å².